The number of nitrogens with zero attached hydrogens (tertiary/aromatic N) is 2. The van der Waals surface area contributed by atoms with Crippen molar-refractivity contribution in [2.45, 2.75) is 32.2 Å². The molecule has 1 aliphatic rings. The van der Waals surface area contributed by atoms with Gasteiger partial charge in [-0.1, -0.05) is 6.92 Å². The van der Waals surface area contributed by atoms with Gasteiger partial charge in [-0.2, -0.15) is 5.10 Å². The number of aromatic nitrogens is 2. The Balaban J connectivity index is 2.13. The molecule has 1 unspecified atom stereocenters. The molecule has 0 amide bonds. The first-order chi connectivity index (χ1) is 6.72. The lowest BCUT2D eigenvalue weighted by molar-refractivity contribution is 0.270. The number of aliphatic hydroxyl groups is 1. The van der Waals surface area contributed by atoms with Crippen molar-refractivity contribution in [1.82, 2.24) is 9.78 Å². The Kier molecular flexibility index (Phi) is 2.46. The largest absolute Gasteiger partial charge is 0.394 e. The zero-order chi connectivity index (χ0) is 10.1. The van der Waals surface area contributed by atoms with Crippen LogP contribution in [0.3, 0.4) is 0 Å². The van der Waals surface area contributed by atoms with E-state index in [1.54, 1.807) is 4.68 Å². The second-order valence-electron chi connectivity index (χ2n) is 4.07. The van der Waals surface area contributed by atoms with Gasteiger partial charge in [0.1, 0.15) is 5.82 Å². The van der Waals surface area contributed by atoms with Gasteiger partial charge in [0.25, 0.3) is 0 Å². The molecule has 1 atom stereocenters. The van der Waals surface area contributed by atoms with E-state index in [-0.39, 0.29) is 6.61 Å². The van der Waals surface area contributed by atoms with Crippen LogP contribution in [-0.2, 0) is 6.54 Å². The number of rotatable bonds is 4. The van der Waals surface area contributed by atoms with Crippen molar-refractivity contribution in [3.63, 3.8) is 0 Å². The van der Waals surface area contributed by atoms with Crippen molar-refractivity contribution < 1.29 is 5.11 Å². The first kappa shape index (κ1) is 9.52. The van der Waals surface area contributed by atoms with Gasteiger partial charge >= 0.3 is 0 Å². The summed E-state index contributed by atoms with van der Waals surface area (Å²) in [4.78, 5) is 0. The Bertz CT molecular complexity index is 317. The van der Waals surface area contributed by atoms with Crippen LogP contribution >= 0.6 is 0 Å². The van der Waals surface area contributed by atoms with Crippen molar-refractivity contribution in [3.05, 3.63) is 11.8 Å². The van der Waals surface area contributed by atoms with E-state index in [2.05, 4.69) is 12.0 Å². The average Bonchev–Trinajstić information content (AvgIpc) is 2.93. The molecule has 1 heterocycles. The molecule has 4 heteroatoms. The molecule has 1 aromatic rings. The lowest BCUT2D eigenvalue weighted by atomic mass is 10.0. The summed E-state index contributed by atoms with van der Waals surface area (Å²) in [6.07, 6.45) is 2.63. The summed E-state index contributed by atoms with van der Waals surface area (Å²) in [5.41, 5.74) is 6.84. The second-order valence-corrected chi connectivity index (χ2v) is 4.07. The van der Waals surface area contributed by atoms with Crippen molar-refractivity contribution in [3.8, 4) is 0 Å². The molecule has 0 aromatic carbocycles. The molecule has 1 fully saturated rings. The Morgan fingerprint density at radius 1 is 1.71 bits per heavy atom. The summed E-state index contributed by atoms with van der Waals surface area (Å²) in [6, 6.07) is 1.93. The van der Waals surface area contributed by atoms with Gasteiger partial charge in [-0.15, -0.1) is 0 Å². The Labute approximate surface area is 83.7 Å². The van der Waals surface area contributed by atoms with Crippen LogP contribution in [-0.4, -0.2) is 21.5 Å². The van der Waals surface area contributed by atoms with Crippen LogP contribution in [0.25, 0.3) is 0 Å². The third kappa shape index (κ3) is 1.75. The van der Waals surface area contributed by atoms with Crippen molar-refractivity contribution in [2.24, 2.45) is 5.92 Å². The second kappa shape index (κ2) is 3.61. The van der Waals surface area contributed by atoms with Crippen LogP contribution in [0.4, 0.5) is 5.82 Å². The molecule has 0 radical (unpaired) electrons. The molecule has 4 nitrogen and oxygen atoms in total. The van der Waals surface area contributed by atoms with Gasteiger partial charge in [0.15, 0.2) is 0 Å². The maximum absolute atomic E-state index is 8.80. The minimum absolute atomic E-state index is 0.0864. The van der Waals surface area contributed by atoms with Gasteiger partial charge in [0.2, 0.25) is 0 Å². The van der Waals surface area contributed by atoms with Gasteiger partial charge in [-0.3, -0.25) is 0 Å². The Morgan fingerprint density at radius 2 is 2.43 bits per heavy atom. The number of aliphatic hydroxyl groups excluding tert-OH is 1. The van der Waals surface area contributed by atoms with Gasteiger partial charge in [0, 0.05) is 12.0 Å². The molecule has 1 aromatic heterocycles. The number of nitrogens with two attached hydrogens (primary N) is 1. The molecule has 0 spiro atoms. The van der Waals surface area contributed by atoms with Crippen molar-refractivity contribution >= 4 is 5.82 Å². The van der Waals surface area contributed by atoms with Gasteiger partial charge in [-0.05, 0) is 18.8 Å². The number of anilines is 1. The average molecular weight is 195 g/mol. The van der Waals surface area contributed by atoms with E-state index in [4.69, 9.17) is 10.8 Å². The number of hydrogen-bond donors (Lipinski definition) is 2. The number of hydrogen-bond acceptors (Lipinski definition) is 3. The van der Waals surface area contributed by atoms with E-state index in [9.17, 15) is 0 Å². The molecule has 0 aliphatic heterocycles. The van der Waals surface area contributed by atoms with Crippen LogP contribution in [0, 0.1) is 5.92 Å². The Morgan fingerprint density at radius 3 is 3.00 bits per heavy atom. The summed E-state index contributed by atoms with van der Waals surface area (Å²) < 4.78 is 1.67. The highest BCUT2D eigenvalue weighted by Gasteiger charge is 2.30. The maximum atomic E-state index is 8.80. The first-order valence-electron chi connectivity index (χ1n) is 5.16. The predicted octanol–water partition coefficient (Wildman–Crippen LogP) is 0.971. The van der Waals surface area contributed by atoms with E-state index in [1.165, 1.54) is 12.8 Å². The van der Waals surface area contributed by atoms with Crippen LogP contribution < -0.4 is 5.73 Å². The number of nitrogen functional groups attached to an aromatic ring is 1. The minimum Gasteiger partial charge on any atom is -0.394 e. The summed E-state index contributed by atoms with van der Waals surface area (Å²) in [5.74, 6) is 1.96. The van der Waals surface area contributed by atoms with E-state index in [1.807, 2.05) is 6.07 Å². The lowest BCUT2D eigenvalue weighted by Crippen LogP contribution is -2.08. The standard InChI is InChI=1S/C10H17N3O/c1-7(8-2-3-8)9-6-10(11)13(12-9)4-5-14/h6-8,14H,2-5,11H2,1H3. The summed E-state index contributed by atoms with van der Waals surface area (Å²) in [5, 5.41) is 13.2. The normalized spacial score (nSPS) is 18.4. The SMILES string of the molecule is CC(c1cc(N)n(CCO)n1)C1CC1. The third-order valence-corrected chi connectivity index (χ3v) is 2.94. The van der Waals surface area contributed by atoms with E-state index in [0.29, 0.717) is 18.3 Å². The molecule has 0 bridgehead atoms. The zero-order valence-electron chi connectivity index (χ0n) is 8.48. The highest BCUT2D eigenvalue weighted by molar-refractivity contribution is 5.32. The van der Waals surface area contributed by atoms with Gasteiger partial charge < -0.3 is 10.8 Å². The van der Waals surface area contributed by atoms with Gasteiger partial charge in [-0.25, -0.2) is 4.68 Å². The molecule has 0 saturated heterocycles. The van der Waals surface area contributed by atoms with Gasteiger partial charge in [0.05, 0.1) is 18.8 Å². The Hall–Kier alpha value is -1.03. The molecule has 2 rings (SSSR count). The minimum atomic E-state index is 0.0864. The van der Waals surface area contributed by atoms with Crippen LogP contribution in [0.5, 0.6) is 0 Å². The van der Waals surface area contributed by atoms with E-state index in [0.717, 1.165) is 11.6 Å². The highest BCUT2D eigenvalue weighted by atomic mass is 16.3. The molecular formula is C10H17N3O. The van der Waals surface area contributed by atoms with Crippen LogP contribution in [0.1, 0.15) is 31.4 Å². The monoisotopic (exact) mass is 195 g/mol. The highest BCUT2D eigenvalue weighted by Crippen LogP contribution is 2.41. The fraction of sp³-hybridized carbons (Fsp3) is 0.700. The van der Waals surface area contributed by atoms with Crippen LogP contribution in [0.15, 0.2) is 6.07 Å². The van der Waals surface area contributed by atoms with Crippen LogP contribution in [0.2, 0.25) is 0 Å². The molecule has 78 valence electrons. The van der Waals surface area contributed by atoms with E-state index >= 15 is 0 Å². The summed E-state index contributed by atoms with van der Waals surface area (Å²) >= 11 is 0. The lowest BCUT2D eigenvalue weighted by Gasteiger charge is -2.04. The smallest absolute Gasteiger partial charge is 0.122 e. The first-order valence-corrected chi connectivity index (χ1v) is 5.16. The van der Waals surface area contributed by atoms with Crippen molar-refractivity contribution in [1.29, 1.82) is 0 Å². The quantitative estimate of drug-likeness (QED) is 0.752. The van der Waals surface area contributed by atoms with E-state index < -0.39 is 0 Å². The molecule has 1 saturated carbocycles. The molecule has 14 heavy (non-hydrogen) atoms. The molecule has 1 aliphatic carbocycles. The predicted molar refractivity (Wildman–Crippen MR) is 54.9 cm³/mol. The topological polar surface area (TPSA) is 64.1 Å². The maximum Gasteiger partial charge on any atom is 0.122 e. The third-order valence-electron chi connectivity index (χ3n) is 2.94. The fourth-order valence-electron chi connectivity index (χ4n) is 1.79. The fourth-order valence-corrected chi connectivity index (χ4v) is 1.79. The van der Waals surface area contributed by atoms with Crippen molar-refractivity contribution in [2.75, 3.05) is 12.3 Å². The molecule has 3 N–H and O–H groups in total. The molecular weight excluding hydrogens is 178 g/mol. The summed E-state index contributed by atoms with van der Waals surface area (Å²) in [7, 11) is 0. The summed E-state index contributed by atoms with van der Waals surface area (Å²) in [6.45, 7) is 2.77. The zero-order valence-corrected chi connectivity index (χ0v) is 8.48.